The minimum absolute atomic E-state index is 0.239. The van der Waals surface area contributed by atoms with Gasteiger partial charge in [0.1, 0.15) is 11.3 Å². The van der Waals surface area contributed by atoms with Gasteiger partial charge in [-0.05, 0) is 72.9 Å². The SMILES string of the molecule is CC(Cl)c1nc2cc(Br)cnc2n1-c1c(Br)cccc1Br. The lowest BCUT2D eigenvalue weighted by atomic mass is 10.3. The van der Waals surface area contributed by atoms with Crippen molar-refractivity contribution in [2.24, 2.45) is 0 Å². The number of alkyl halides is 1. The zero-order chi connectivity index (χ0) is 15.1. The van der Waals surface area contributed by atoms with E-state index in [1.54, 1.807) is 6.20 Å². The van der Waals surface area contributed by atoms with Crippen LogP contribution in [0.25, 0.3) is 16.9 Å². The minimum Gasteiger partial charge on any atom is -0.277 e. The van der Waals surface area contributed by atoms with Crippen LogP contribution in [0.1, 0.15) is 18.1 Å². The zero-order valence-electron chi connectivity index (χ0n) is 10.8. The molecule has 108 valence electrons. The van der Waals surface area contributed by atoms with Gasteiger partial charge in [-0.25, -0.2) is 9.97 Å². The summed E-state index contributed by atoms with van der Waals surface area (Å²) in [5, 5.41) is -0.239. The number of para-hydroxylation sites is 1. The van der Waals surface area contributed by atoms with Crippen LogP contribution in [0, 0.1) is 0 Å². The van der Waals surface area contributed by atoms with Gasteiger partial charge in [-0.2, -0.15) is 0 Å². The summed E-state index contributed by atoms with van der Waals surface area (Å²) in [4.78, 5) is 9.12. The van der Waals surface area contributed by atoms with E-state index in [0.29, 0.717) is 0 Å². The first-order chi connectivity index (χ1) is 9.99. The molecule has 2 aromatic heterocycles. The molecule has 0 fully saturated rings. The summed E-state index contributed by atoms with van der Waals surface area (Å²) in [6.45, 7) is 1.90. The fraction of sp³-hybridized carbons (Fsp3) is 0.143. The molecule has 0 saturated heterocycles. The standard InChI is InChI=1S/C14H9Br3ClN3/c1-7(18)13-20-11-5-8(15)6-19-14(11)21(13)12-9(16)3-2-4-10(12)17/h2-7H,1H3. The molecule has 0 aliphatic heterocycles. The molecule has 0 N–H and O–H groups in total. The van der Waals surface area contributed by atoms with E-state index in [4.69, 9.17) is 11.6 Å². The Balaban J connectivity index is 2.42. The number of halogens is 4. The highest BCUT2D eigenvalue weighted by molar-refractivity contribution is 9.11. The summed E-state index contributed by atoms with van der Waals surface area (Å²) in [7, 11) is 0. The lowest BCUT2D eigenvalue weighted by molar-refractivity contribution is 0.872. The first kappa shape index (κ1) is 15.5. The van der Waals surface area contributed by atoms with E-state index in [9.17, 15) is 0 Å². The van der Waals surface area contributed by atoms with E-state index in [-0.39, 0.29) is 5.38 Å². The monoisotopic (exact) mass is 491 g/mol. The molecular weight excluding hydrogens is 485 g/mol. The Kier molecular flexibility index (Phi) is 4.41. The normalized spacial score (nSPS) is 12.8. The van der Waals surface area contributed by atoms with Gasteiger partial charge in [0.15, 0.2) is 5.65 Å². The van der Waals surface area contributed by atoms with Crippen molar-refractivity contribution in [3.63, 3.8) is 0 Å². The summed E-state index contributed by atoms with van der Waals surface area (Å²) in [6.07, 6.45) is 1.76. The largest absolute Gasteiger partial charge is 0.277 e. The predicted molar refractivity (Wildman–Crippen MR) is 96.2 cm³/mol. The maximum atomic E-state index is 6.32. The molecule has 0 spiro atoms. The average molecular weight is 494 g/mol. The van der Waals surface area contributed by atoms with Gasteiger partial charge in [-0.15, -0.1) is 11.6 Å². The van der Waals surface area contributed by atoms with E-state index in [2.05, 4.69) is 57.8 Å². The van der Waals surface area contributed by atoms with Crippen LogP contribution in [0.2, 0.25) is 0 Å². The van der Waals surface area contributed by atoms with Gasteiger partial charge in [0, 0.05) is 19.6 Å². The smallest absolute Gasteiger partial charge is 0.164 e. The lowest BCUT2D eigenvalue weighted by Gasteiger charge is -2.13. The molecule has 7 heteroatoms. The Morgan fingerprint density at radius 3 is 2.48 bits per heavy atom. The number of nitrogens with zero attached hydrogens (tertiary/aromatic N) is 3. The molecule has 21 heavy (non-hydrogen) atoms. The highest BCUT2D eigenvalue weighted by atomic mass is 79.9. The molecule has 3 aromatic rings. The Hall–Kier alpha value is -0.430. The Labute approximate surface area is 152 Å². The lowest BCUT2D eigenvalue weighted by Crippen LogP contribution is -2.04. The van der Waals surface area contributed by atoms with Crippen LogP contribution >= 0.6 is 59.4 Å². The second-order valence-electron chi connectivity index (χ2n) is 4.49. The van der Waals surface area contributed by atoms with Crippen molar-refractivity contribution < 1.29 is 0 Å². The molecule has 1 aromatic carbocycles. The van der Waals surface area contributed by atoms with Crippen molar-refractivity contribution in [3.05, 3.63) is 49.7 Å². The molecule has 0 bridgehead atoms. The van der Waals surface area contributed by atoms with Crippen molar-refractivity contribution in [2.75, 3.05) is 0 Å². The van der Waals surface area contributed by atoms with Crippen molar-refractivity contribution in [2.45, 2.75) is 12.3 Å². The third-order valence-electron chi connectivity index (χ3n) is 3.01. The number of fused-ring (bicyclic) bond motifs is 1. The fourth-order valence-electron chi connectivity index (χ4n) is 2.15. The summed E-state index contributed by atoms with van der Waals surface area (Å²) in [5.74, 6) is 0.755. The fourth-order valence-corrected chi connectivity index (χ4v) is 3.97. The van der Waals surface area contributed by atoms with Crippen LogP contribution < -0.4 is 0 Å². The summed E-state index contributed by atoms with van der Waals surface area (Å²) in [6, 6.07) is 7.86. The van der Waals surface area contributed by atoms with Crippen molar-refractivity contribution >= 4 is 70.6 Å². The van der Waals surface area contributed by atoms with E-state index >= 15 is 0 Å². The van der Waals surface area contributed by atoms with E-state index in [1.165, 1.54) is 0 Å². The van der Waals surface area contributed by atoms with Gasteiger partial charge in [0.2, 0.25) is 0 Å². The molecule has 0 saturated carbocycles. The predicted octanol–water partition coefficient (Wildman–Crippen LogP) is 6.01. The molecule has 0 aliphatic carbocycles. The summed E-state index contributed by atoms with van der Waals surface area (Å²) in [5.41, 5.74) is 2.51. The maximum absolute atomic E-state index is 6.32. The maximum Gasteiger partial charge on any atom is 0.164 e. The van der Waals surface area contributed by atoms with Crippen molar-refractivity contribution in [1.29, 1.82) is 0 Å². The van der Waals surface area contributed by atoms with Crippen LogP contribution in [0.4, 0.5) is 0 Å². The van der Waals surface area contributed by atoms with Gasteiger partial charge in [0.05, 0.1) is 11.1 Å². The number of hydrogen-bond donors (Lipinski definition) is 0. The number of aromatic nitrogens is 3. The molecule has 0 radical (unpaired) electrons. The Morgan fingerprint density at radius 1 is 1.19 bits per heavy atom. The summed E-state index contributed by atoms with van der Waals surface area (Å²) < 4.78 is 4.76. The third-order valence-corrected chi connectivity index (χ3v) is 4.92. The number of rotatable bonds is 2. The van der Waals surface area contributed by atoms with Crippen LogP contribution in [0.15, 0.2) is 43.9 Å². The van der Waals surface area contributed by atoms with Gasteiger partial charge < -0.3 is 0 Å². The van der Waals surface area contributed by atoms with Gasteiger partial charge in [0.25, 0.3) is 0 Å². The first-order valence-electron chi connectivity index (χ1n) is 6.11. The molecule has 2 heterocycles. The van der Waals surface area contributed by atoms with E-state index in [0.717, 1.165) is 36.1 Å². The van der Waals surface area contributed by atoms with E-state index in [1.807, 2.05) is 35.8 Å². The molecular formula is C14H9Br3ClN3. The number of hydrogen-bond acceptors (Lipinski definition) is 2. The van der Waals surface area contributed by atoms with Crippen molar-refractivity contribution in [3.8, 4) is 5.69 Å². The average Bonchev–Trinajstić information content (AvgIpc) is 2.77. The third kappa shape index (κ3) is 2.79. The second-order valence-corrected chi connectivity index (χ2v) is 7.77. The van der Waals surface area contributed by atoms with Gasteiger partial charge in [-0.3, -0.25) is 4.57 Å². The molecule has 1 atom stereocenters. The highest BCUT2D eigenvalue weighted by Gasteiger charge is 2.20. The van der Waals surface area contributed by atoms with Crippen LogP contribution in [-0.2, 0) is 0 Å². The van der Waals surface area contributed by atoms with E-state index < -0.39 is 0 Å². The Bertz CT molecular complexity index is 809. The van der Waals surface area contributed by atoms with Crippen LogP contribution in [-0.4, -0.2) is 14.5 Å². The molecule has 3 rings (SSSR count). The molecule has 0 amide bonds. The second kappa shape index (κ2) is 5.99. The molecule has 1 unspecified atom stereocenters. The quantitative estimate of drug-likeness (QED) is 0.409. The Morgan fingerprint density at radius 2 is 1.86 bits per heavy atom. The number of benzene rings is 1. The van der Waals surface area contributed by atoms with Crippen molar-refractivity contribution in [1.82, 2.24) is 14.5 Å². The zero-order valence-corrected chi connectivity index (χ0v) is 16.3. The molecule has 0 aliphatic rings. The topological polar surface area (TPSA) is 30.7 Å². The minimum atomic E-state index is -0.239. The molecule has 3 nitrogen and oxygen atoms in total. The van der Waals surface area contributed by atoms with Crippen LogP contribution in [0.3, 0.4) is 0 Å². The first-order valence-corrected chi connectivity index (χ1v) is 8.93. The highest BCUT2D eigenvalue weighted by Crippen LogP contribution is 2.35. The summed E-state index contributed by atoms with van der Waals surface area (Å²) >= 11 is 16.9. The number of pyridine rings is 1. The van der Waals surface area contributed by atoms with Gasteiger partial charge in [-0.1, -0.05) is 6.07 Å². The number of imidazole rings is 1. The van der Waals surface area contributed by atoms with Gasteiger partial charge >= 0.3 is 0 Å². The van der Waals surface area contributed by atoms with Crippen LogP contribution in [0.5, 0.6) is 0 Å².